The minimum absolute atomic E-state index is 0.0581. The van der Waals surface area contributed by atoms with Crippen molar-refractivity contribution in [2.75, 3.05) is 23.4 Å². The summed E-state index contributed by atoms with van der Waals surface area (Å²) in [6.07, 6.45) is 3.59. The molecule has 2 N–H and O–H groups in total. The third-order valence-electron chi connectivity index (χ3n) is 3.51. The highest BCUT2D eigenvalue weighted by molar-refractivity contribution is 7.91. The zero-order valence-corrected chi connectivity index (χ0v) is 15.5. The number of benzene rings is 1. The van der Waals surface area contributed by atoms with Crippen LogP contribution < -0.4 is 10.6 Å². The molecule has 0 aliphatic rings. The van der Waals surface area contributed by atoms with Crippen LogP contribution in [0, 0.1) is 12.8 Å². The van der Waals surface area contributed by atoms with Crippen LogP contribution in [0.25, 0.3) is 5.69 Å². The van der Waals surface area contributed by atoms with Crippen molar-refractivity contribution in [1.82, 2.24) is 14.9 Å². The maximum atomic E-state index is 11.9. The van der Waals surface area contributed by atoms with Crippen molar-refractivity contribution >= 4 is 21.6 Å². The normalized spacial score (nSPS) is 11.5. The van der Waals surface area contributed by atoms with Gasteiger partial charge in [0.05, 0.1) is 11.5 Å². The number of hydrogen-bond acceptors (Lipinski definition) is 4. The Balaban J connectivity index is 1.84. The molecule has 0 atom stereocenters. The molecule has 0 bridgehead atoms. The molecule has 2 rings (SSSR count). The van der Waals surface area contributed by atoms with Crippen molar-refractivity contribution < 1.29 is 13.2 Å². The molecule has 0 saturated heterocycles. The SMILES string of the molecule is Cc1nccn1-c1ccc(NC(=O)NCCS(=O)(=O)CC(C)C)cc1. The van der Waals surface area contributed by atoms with Crippen molar-refractivity contribution in [3.63, 3.8) is 0 Å². The zero-order valence-electron chi connectivity index (χ0n) is 14.7. The number of hydrogen-bond donors (Lipinski definition) is 2. The van der Waals surface area contributed by atoms with Gasteiger partial charge in [-0.3, -0.25) is 0 Å². The molecule has 1 heterocycles. The van der Waals surface area contributed by atoms with Gasteiger partial charge in [0.15, 0.2) is 9.84 Å². The fourth-order valence-corrected chi connectivity index (χ4v) is 4.04. The number of anilines is 1. The zero-order chi connectivity index (χ0) is 18.4. The topological polar surface area (TPSA) is 93.1 Å². The molecule has 136 valence electrons. The van der Waals surface area contributed by atoms with Gasteiger partial charge in [0, 0.05) is 30.3 Å². The molecule has 25 heavy (non-hydrogen) atoms. The summed E-state index contributed by atoms with van der Waals surface area (Å²) in [4.78, 5) is 16.0. The summed E-state index contributed by atoms with van der Waals surface area (Å²) < 4.78 is 25.5. The fourth-order valence-electron chi connectivity index (χ4n) is 2.44. The second-order valence-electron chi connectivity index (χ2n) is 6.28. The highest BCUT2D eigenvalue weighted by atomic mass is 32.2. The molecule has 0 radical (unpaired) electrons. The fraction of sp³-hybridized carbons (Fsp3) is 0.412. The predicted octanol–water partition coefficient (Wildman–Crippen LogP) is 2.37. The first kappa shape index (κ1) is 19.0. The number of aryl methyl sites for hydroxylation is 1. The van der Waals surface area contributed by atoms with E-state index in [-0.39, 0.29) is 24.0 Å². The smallest absolute Gasteiger partial charge is 0.319 e. The number of sulfone groups is 1. The first-order valence-corrected chi connectivity index (χ1v) is 9.94. The maximum absolute atomic E-state index is 11.9. The third-order valence-corrected chi connectivity index (χ3v) is 5.52. The monoisotopic (exact) mass is 364 g/mol. The lowest BCUT2D eigenvalue weighted by Gasteiger charge is -2.10. The van der Waals surface area contributed by atoms with E-state index in [2.05, 4.69) is 15.6 Å². The molecule has 0 saturated carbocycles. The van der Waals surface area contributed by atoms with Gasteiger partial charge < -0.3 is 15.2 Å². The Morgan fingerprint density at radius 1 is 1.24 bits per heavy atom. The van der Waals surface area contributed by atoms with E-state index in [1.54, 1.807) is 18.3 Å². The average Bonchev–Trinajstić information content (AvgIpc) is 2.92. The molecule has 7 nitrogen and oxygen atoms in total. The van der Waals surface area contributed by atoms with Crippen LogP contribution in [0.2, 0.25) is 0 Å². The highest BCUT2D eigenvalue weighted by Crippen LogP contribution is 2.14. The summed E-state index contributed by atoms with van der Waals surface area (Å²) in [7, 11) is -3.14. The summed E-state index contributed by atoms with van der Waals surface area (Å²) in [5.74, 6) is 1.03. The van der Waals surface area contributed by atoms with Crippen molar-refractivity contribution in [1.29, 1.82) is 0 Å². The van der Waals surface area contributed by atoms with Crippen LogP contribution in [-0.2, 0) is 9.84 Å². The number of rotatable bonds is 7. The molecule has 0 fully saturated rings. The van der Waals surface area contributed by atoms with Gasteiger partial charge in [0.1, 0.15) is 5.82 Å². The third kappa shape index (κ3) is 5.90. The van der Waals surface area contributed by atoms with E-state index in [0.717, 1.165) is 11.5 Å². The molecule has 0 spiro atoms. The van der Waals surface area contributed by atoms with Gasteiger partial charge in [-0.2, -0.15) is 0 Å². The number of urea groups is 1. The van der Waals surface area contributed by atoms with E-state index >= 15 is 0 Å². The Labute approximate surface area is 148 Å². The van der Waals surface area contributed by atoms with Crippen molar-refractivity contribution in [2.45, 2.75) is 20.8 Å². The lowest BCUT2D eigenvalue weighted by molar-refractivity contribution is 0.252. The van der Waals surface area contributed by atoms with Gasteiger partial charge in [-0.25, -0.2) is 18.2 Å². The molecule has 0 aliphatic carbocycles. The number of aromatic nitrogens is 2. The minimum Gasteiger partial charge on any atom is -0.337 e. The lowest BCUT2D eigenvalue weighted by Crippen LogP contribution is -2.33. The van der Waals surface area contributed by atoms with Gasteiger partial charge in [0.25, 0.3) is 0 Å². The standard InChI is InChI=1S/C17H24N4O3S/c1-13(2)12-25(23,24)11-9-19-17(22)20-15-4-6-16(7-5-15)21-10-8-18-14(21)3/h4-8,10,13H,9,11-12H2,1-3H3,(H2,19,20,22). The highest BCUT2D eigenvalue weighted by Gasteiger charge is 2.13. The predicted molar refractivity (Wildman–Crippen MR) is 98.8 cm³/mol. The van der Waals surface area contributed by atoms with Crippen LogP contribution in [0.5, 0.6) is 0 Å². The number of imidazole rings is 1. The minimum atomic E-state index is -3.14. The maximum Gasteiger partial charge on any atom is 0.319 e. The van der Waals surface area contributed by atoms with E-state index in [9.17, 15) is 13.2 Å². The van der Waals surface area contributed by atoms with Crippen LogP contribution >= 0.6 is 0 Å². The van der Waals surface area contributed by atoms with Gasteiger partial charge in [0.2, 0.25) is 0 Å². The summed E-state index contributed by atoms with van der Waals surface area (Å²) >= 11 is 0. The second-order valence-corrected chi connectivity index (χ2v) is 8.51. The summed E-state index contributed by atoms with van der Waals surface area (Å²) in [5, 5.41) is 5.25. The number of nitrogens with zero attached hydrogens (tertiary/aromatic N) is 2. The Morgan fingerprint density at radius 2 is 1.92 bits per heavy atom. The molecule has 0 aliphatic heterocycles. The van der Waals surface area contributed by atoms with Gasteiger partial charge in [-0.05, 0) is 37.1 Å². The number of amides is 2. The first-order chi connectivity index (χ1) is 11.8. The Bertz CT molecular complexity index is 811. The van der Waals surface area contributed by atoms with Crippen molar-refractivity contribution in [3.05, 3.63) is 42.5 Å². The molecule has 2 amide bonds. The Morgan fingerprint density at radius 3 is 2.48 bits per heavy atom. The number of carbonyl (C=O) groups is 1. The van der Waals surface area contributed by atoms with Crippen molar-refractivity contribution in [2.24, 2.45) is 5.92 Å². The van der Waals surface area contributed by atoms with Crippen molar-refractivity contribution in [3.8, 4) is 5.69 Å². The second kappa shape index (κ2) is 8.15. The molecular formula is C17H24N4O3S. The molecule has 1 aromatic carbocycles. The summed E-state index contributed by atoms with van der Waals surface area (Å²) in [6.45, 7) is 5.71. The number of carbonyl (C=O) groups excluding carboxylic acids is 1. The molecular weight excluding hydrogens is 340 g/mol. The molecule has 2 aromatic rings. The van der Waals surface area contributed by atoms with Crippen LogP contribution in [0.3, 0.4) is 0 Å². The van der Waals surface area contributed by atoms with E-state index in [0.29, 0.717) is 5.69 Å². The van der Waals surface area contributed by atoms with Crippen LogP contribution in [0.15, 0.2) is 36.7 Å². The van der Waals surface area contributed by atoms with Crippen LogP contribution in [0.4, 0.5) is 10.5 Å². The molecule has 1 aromatic heterocycles. The largest absolute Gasteiger partial charge is 0.337 e. The number of nitrogens with one attached hydrogen (secondary N) is 2. The van der Waals surface area contributed by atoms with E-state index in [1.165, 1.54) is 0 Å². The Hall–Kier alpha value is -2.35. The molecule has 8 heteroatoms. The first-order valence-electron chi connectivity index (χ1n) is 8.12. The van der Waals surface area contributed by atoms with Crippen LogP contribution in [0.1, 0.15) is 19.7 Å². The Kier molecular flexibility index (Phi) is 6.19. The average molecular weight is 364 g/mol. The summed E-state index contributed by atoms with van der Waals surface area (Å²) in [5.41, 5.74) is 1.57. The van der Waals surface area contributed by atoms with Gasteiger partial charge in [-0.15, -0.1) is 0 Å². The molecule has 0 unspecified atom stereocenters. The van der Waals surface area contributed by atoms with Gasteiger partial charge >= 0.3 is 6.03 Å². The quantitative estimate of drug-likeness (QED) is 0.789. The van der Waals surface area contributed by atoms with E-state index < -0.39 is 15.9 Å². The van der Waals surface area contributed by atoms with Crippen LogP contribution in [-0.4, -0.2) is 42.1 Å². The lowest BCUT2D eigenvalue weighted by atomic mass is 10.2. The van der Waals surface area contributed by atoms with E-state index in [1.807, 2.05) is 43.7 Å². The van der Waals surface area contributed by atoms with E-state index in [4.69, 9.17) is 0 Å². The summed E-state index contributed by atoms with van der Waals surface area (Å²) in [6, 6.07) is 6.88. The van der Waals surface area contributed by atoms with Gasteiger partial charge in [-0.1, -0.05) is 13.8 Å².